The number of anilines is 1. The number of carboxylic acid groups (broad SMARTS) is 1. The standard InChI is InChI=1S/C11H14N2O3/c12-9(11(14)15)5-7-6-13(16)10-4-2-1-3-8(7)10/h1-4,7,9,16H,5-6,12H2,(H,14,15). The first-order valence-corrected chi connectivity index (χ1v) is 5.13. The Balaban J connectivity index is 2.18. The van der Waals surface area contributed by atoms with E-state index in [1.807, 2.05) is 24.3 Å². The summed E-state index contributed by atoms with van der Waals surface area (Å²) in [6.07, 6.45) is 0.337. The van der Waals surface area contributed by atoms with Gasteiger partial charge in [-0.05, 0) is 18.1 Å². The van der Waals surface area contributed by atoms with Crippen LogP contribution in [0.4, 0.5) is 5.69 Å². The fourth-order valence-corrected chi connectivity index (χ4v) is 2.08. The maximum atomic E-state index is 10.7. The van der Waals surface area contributed by atoms with Crippen LogP contribution in [0.2, 0.25) is 0 Å². The first-order chi connectivity index (χ1) is 7.59. The normalized spacial score (nSPS) is 20.6. The predicted octanol–water partition coefficient (Wildman–Crippen LogP) is 0.781. The van der Waals surface area contributed by atoms with E-state index in [-0.39, 0.29) is 5.92 Å². The zero-order valence-electron chi connectivity index (χ0n) is 8.71. The molecule has 0 radical (unpaired) electrons. The number of hydrogen-bond donors (Lipinski definition) is 3. The van der Waals surface area contributed by atoms with E-state index in [1.54, 1.807) is 0 Å². The second-order valence-corrected chi connectivity index (χ2v) is 4.02. The summed E-state index contributed by atoms with van der Waals surface area (Å²) in [5.74, 6) is -1.03. The van der Waals surface area contributed by atoms with Crippen LogP contribution >= 0.6 is 0 Å². The van der Waals surface area contributed by atoms with Gasteiger partial charge in [-0.1, -0.05) is 18.2 Å². The van der Waals surface area contributed by atoms with E-state index < -0.39 is 12.0 Å². The van der Waals surface area contributed by atoms with Gasteiger partial charge in [0.15, 0.2) is 0 Å². The Hall–Kier alpha value is -1.59. The zero-order chi connectivity index (χ0) is 11.7. The highest BCUT2D eigenvalue weighted by Crippen LogP contribution is 2.37. The van der Waals surface area contributed by atoms with E-state index in [0.717, 1.165) is 16.3 Å². The Labute approximate surface area is 93.1 Å². The summed E-state index contributed by atoms with van der Waals surface area (Å²) in [4.78, 5) is 10.7. The number of aliphatic carboxylic acids is 1. The van der Waals surface area contributed by atoms with E-state index in [4.69, 9.17) is 10.8 Å². The van der Waals surface area contributed by atoms with Crippen molar-refractivity contribution in [3.8, 4) is 0 Å². The first-order valence-electron chi connectivity index (χ1n) is 5.13. The topological polar surface area (TPSA) is 86.8 Å². The van der Waals surface area contributed by atoms with Gasteiger partial charge in [-0.2, -0.15) is 0 Å². The first kappa shape index (κ1) is 10.9. The van der Waals surface area contributed by atoms with Gasteiger partial charge in [0.25, 0.3) is 0 Å². The third-order valence-corrected chi connectivity index (χ3v) is 2.90. The number of rotatable bonds is 3. The number of hydrogen-bond acceptors (Lipinski definition) is 4. The second-order valence-electron chi connectivity index (χ2n) is 4.02. The van der Waals surface area contributed by atoms with Crippen LogP contribution in [0, 0.1) is 0 Å². The maximum Gasteiger partial charge on any atom is 0.320 e. The molecule has 0 aliphatic carbocycles. The lowest BCUT2D eigenvalue weighted by Gasteiger charge is -2.13. The van der Waals surface area contributed by atoms with Gasteiger partial charge in [0, 0.05) is 5.92 Å². The Bertz CT molecular complexity index is 408. The van der Waals surface area contributed by atoms with Crippen molar-refractivity contribution in [2.24, 2.45) is 5.73 Å². The molecule has 0 spiro atoms. The smallest absolute Gasteiger partial charge is 0.320 e. The Morgan fingerprint density at radius 1 is 1.56 bits per heavy atom. The molecule has 1 aromatic rings. The number of benzene rings is 1. The minimum absolute atomic E-state index is 0.0210. The minimum Gasteiger partial charge on any atom is -0.480 e. The molecule has 1 heterocycles. The Kier molecular flexibility index (Phi) is 2.80. The molecule has 5 nitrogen and oxygen atoms in total. The van der Waals surface area contributed by atoms with Crippen LogP contribution in [0.25, 0.3) is 0 Å². The average Bonchev–Trinajstić information content (AvgIpc) is 2.57. The summed E-state index contributed by atoms with van der Waals surface area (Å²) in [5.41, 5.74) is 7.20. The molecule has 0 aromatic heterocycles. The zero-order valence-corrected chi connectivity index (χ0v) is 8.71. The SMILES string of the molecule is NC(CC1CN(O)c2ccccc21)C(=O)O. The molecule has 1 aliphatic rings. The average molecular weight is 222 g/mol. The highest BCUT2D eigenvalue weighted by atomic mass is 16.5. The fraction of sp³-hybridized carbons (Fsp3) is 0.364. The molecule has 0 amide bonds. The molecule has 0 fully saturated rings. The molecule has 0 bridgehead atoms. The van der Waals surface area contributed by atoms with Crippen LogP contribution in [0.1, 0.15) is 17.9 Å². The summed E-state index contributed by atoms with van der Waals surface area (Å²) < 4.78 is 0. The summed E-state index contributed by atoms with van der Waals surface area (Å²) in [6.45, 7) is 0.403. The number of carboxylic acids is 1. The number of hydroxylamine groups is 1. The quantitative estimate of drug-likeness (QED) is 0.703. The lowest BCUT2D eigenvalue weighted by Crippen LogP contribution is -2.32. The van der Waals surface area contributed by atoms with Crippen molar-refractivity contribution in [1.82, 2.24) is 0 Å². The van der Waals surface area contributed by atoms with Crippen LogP contribution < -0.4 is 10.8 Å². The van der Waals surface area contributed by atoms with Gasteiger partial charge >= 0.3 is 5.97 Å². The predicted molar refractivity (Wildman–Crippen MR) is 58.5 cm³/mol. The summed E-state index contributed by atoms with van der Waals surface area (Å²) in [6, 6.07) is 6.52. The molecule has 4 N–H and O–H groups in total. The molecular formula is C11H14N2O3. The molecule has 16 heavy (non-hydrogen) atoms. The molecular weight excluding hydrogens is 208 g/mol. The van der Waals surface area contributed by atoms with Gasteiger partial charge in [0.05, 0.1) is 12.2 Å². The van der Waals surface area contributed by atoms with Crippen LogP contribution in [-0.4, -0.2) is 28.9 Å². The van der Waals surface area contributed by atoms with Crippen molar-refractivity contribution in [2.45, 2.75) is 18.4 Å². The van der Waals surface area contributed by atoms with Gasteiger partial charge in [0.2, 0.25) is 0 Å². The maximum absolute atomic E-state index is 10.7. The summed E-state index contributed by atoms with van der Waals surface area (Å²) >= 11 is 0. The van der Waals surface area contributed by atoms with Crippen LogP contribution in [-0.2, 0) is 4.79 Å². The number of para-hydroxylation sites is 1. The summed E-state index contributed by atoms with van der Waals surface area (Å²) in [7, 11) is 0. The second kappa shape index (κ2) is 4.11. The third kappa shape index (κ3) is 1.87. The minimum atomic E-state index is -1.01. The van der Waals surface area contributed by atoms with Gasteiger partial charge in [0.1, 0.15) is 6.04 Å². The van der Waals surface area contributed by atoms with Crippen molar-refractivity contribution < 1.29 is 15.1 Å². The largest absolute Gasteiger partial charge is 0.480 e. The van der Waals surface area contributed by atoms with Crippen LogP contribution in [0.5, 0.6) is 0 Å². The van der Waals surface area contributed by atoms with Gasteiger partial charge in [-0.3, -0.25) is 15.1 Å². The van der Waals surface area contributed by atoms with Gasteiger partial charge in [-0.25, -0.2) is 0 Å². The molecule has 1 aromatic carbocycles. The van der Waals surface area contributed by atoms with Crippen molar-refractivity contribution in [3.05, 3.63) is 29.8 Å². The number of fused-ring (bicyclic) bond motifs is 1. The van der Waals surface area contributed by atoms with Gasteiger partial charge < -0.3 is 10.8 Å². The van der Waals surface area contributed by atoms with Gasteiger partial charge in [-0.15, -0.1) is 0 Å². The van der Waals surface area contributed by atoms with Crippen molar-refractivity contribution >= 4 is 11.7 Å². The lowest BCUT2D eigenvalue weighted by atomic mass is 9.94. The molecule has 0 saturated carbocycles. The van der Waals surface area contributed by atoms with E-state index in [2.05, 4.69) is 0 Å². The van der Waals surface area contributed by atoms with E-state index >= 15 is 0 Å². The molecule has 1 aliphatic heterocycles. The van der Waals surface area contributed by atoms with Crippen LogP contribution in [0.3, 0.4) is 0 Å². The molecule has 0 saturated heterocycles. The fourth-order valence-electron chi connectivity index (χ4n) is 2.08. The Morgan fingerprint density at radius 2 is 2.25 bits per heavy atom. The van der Waals surface area contributed by atoms with E-state index in [9.17, 15) is 10.0 Å². The summed E-state index contributed by atoms with van der Waals surface area (Å²) in [5, 5.41) is 19.6. The monoisotopic (exact) mass is 222 g/mol. The number of nitrogens with zero attached hydrogens (tertiary/aromatic N) is 1. The van der Waals surface area contributed by atoms with Crippen LogP contribution in [0.15, 0.2) is 24.3 Å². The van der Waals surface area contributed by atoms with Crippen molar-refractivity contribution in [2.75, 3.05) is 11.6 Å². The van der Waals surface area contributed by atoms with Crippen molar-refractivity contribution in [3.63, 3.8) is 0 Å². The molecule has 5 heteroatoms. The van der Waals surface area contributed by atoms with E-state index in [1.165, 1.54) is 0 Å². The molecule has 86 valence electrons. The van der Waals surface area contributed by atoms with Crippen molar-refractivity contribution in [1.29, 1.82) is 0 Å². The molecule has 2 rings (SSSR count). The number of nitrogens with two attached hydrogens (primary N) is 1. The highest BCUT2D eigenvalue weighted by molar-refractivity contribution is 5.73. The Morgan fingerprint density at radius 3 is 2.94 bits per heavy atom. The lowest BCUT2D eigenvalue weighted by molar-refractivity contribution is -0.138. The third-order valence-electron chi connectivity index (χ3n) is 2.90. The molecule has 2 atom stereocenters. The highest BCUT2D eigenvalue weighted by Gasteiger charge is 2.30. The number of carbonyl (C=O) groups is 1. The molecule has 2 unspecified atom stereocenters. The van der Waals surface area contributed by atoms with E-state index in [0.29, 0.717) is 13.0 Å².